The Morgan fingerprint density at radius 1 is 1.02 bits per heavy atom. The monoisotopic (exact) mass is 713 g/mol. The van der Waals surface area contributed by atoms with E-state index in [1.807, 2.05) is 24.3 Å². The Morgan fingerprint density at radius 3 is 2.43 bits per heavy atom. The molecule has 1 aliphatic carbocycles. The van der Waals surface area contributed by atoms with E-state index in [0.29, 0.717) is 32.2 Å². The molecule has 5 fully saturated rings. The number of rotatable bonds is 18. The fourth-order valence-electron chi connectivity index (χ4n) is 8.69. The second-order valence-electron chi connectivity index (χ2n) is 14.5. The van der Waals surface area contributed by atoms with Crippen molar-refractivity contribution in [1.29, 1.82) is 0 Å². The standard InChI is InChI=1S/C38H55N3O10/c1-3-5-7-16-37(17-8-6-4-2)49-30-29-24-38(36(46)40-19-9-10-28(40)34(44)39-18-20-42)32(35(45)48-29)41(51-33(38)31(30)50-37)25-27-13-11-26(12-14-27)15-22-47-23-21-43/h11-15,22,28-33,42-43H,3-10,16-21,23-25H2,1-2H3,(H,39,44). The second-order valence-corrected chi connectivity index (χ2v) is 14.5. The number of likely N-dealkylation sites (tertiary alicyclic amines) is 1. The summed E-state index contributed by atoms with van der Waals surface area (Å²) >= 11 is 0. The molecule has 13 heteroatoms. The lowest BCUT2D eigenvalue weighted by Gasteiger charge is -2.50. The molecule has 4 heterocycles. The van der Waals surface area contributed by atoms with E-state index in [9.17, 15) is 14.7 Å². The number of carbonyl (C=O) groups excluding carboxylic acids is 3. The summed E-state index contributed by atoms with van der Waals surface area (Å²) in [6.45, 7) is 4.93. The van der Waals surface area contributed by atoms with Crippen LogP contribution in [0, 0.1) is 5.41 Å². The van der Waals surface area contributed by atoms with Crippen molar-refractivity contribution in [2.45, 2.75) is 133 Å². The topological polar surface area (TPSA) is 156 Å². The highest BCUT2D eigenvalue weighted by Crippen LogP contribution is 2.59. The molecule has 1 aromatic carbocycles. The summed E-state index contributed by atoms with van der Waals surface area (Å²) in [5.74, 6) is -2.03. The Hall–Kier alpha value is -3.07. The number of hydrogen-bond acceptors (Lipinski definition) is 11. The van der Waals surface area contributed by atoms with Crippen LogP contribution >= 0.6 is 0 Å². The smallest absolute Gasteiger partial charge is 0.327 e. The number of nitrogens with one attached hydrogen (secondary N) is 1. The van der Waals surface area contributed by atoms with E-state index in [1.54, 1.807) is 16.0 Å². The highest BCUT2D eigenvalue weighted by Gasteiger charge is 2.77. The lowest BCUT2D eigenvalue weighted by Crippen LogP contribution is -2.70. The fraction of sp³-hybridized carbons (Fsp3) is 0.711. The first-order valence-electron chi connectivity index (χ1n) is 19.0. The number of fused-ring (bicyclic) bond motifs is 4. The van der Waals surface area contributed by atoms with Gasteiger partial charge in [0.15, 0.2) is 11.8 Å². The van der Waals surface area contributed by atoms with Crippen LogP contribution in [0.25, 0.3) is 6.08 Å². The van der Waals surface area contributed by atoms with E-state index >= 15 is 4.79 Å². The van der Waals surface area contributed by atoms with Crippen molar-refractivity contribution >= 4 is 23.9 Å². The van der Waals surface area contributed by atoms with Crippen LogP contribution in [0.5, 0.6) is 0 Å². The van der Waals surface area contributed by atoms with E-state index in [1.165, 1.54) is 6.26 Å². The quantitative estimate of drug-likeness (QED) is 0.117. The largest absolute Gasteiger partial charge is 0.499 e. The van der Waals surface area contributed by atoms with Gasteiger partial charge in [-0.15, -0.1) is 0 Å². The Kier molecular flexibility index (Phi) is 12.4. The first-order valence-corrected chi connectivity index (χ1v) is 19.0. The zero-order chi connectivity index (χ0) is 36.0. The van der Waals surface area contributed by atoms with E-state index < -0.39 is 53.7 Å². The molecule has 5 aliphatic rings. The number of carbonyl (C=O) groups is 3. The van der Waals surface area contributed by atoms with Gasteiger partial charge in [0.2, 0.25) is 11.8 Å². The molecule has 13 nitrogen and oxygen atoms in total. The molecule has 0 aromatic heterocycles. The molecule has 7 unspecified atom stereocenters. The minimum Gasteiger partial charge on any atom is -0.499 e. The van der Waals surface area contributed by atoms with E-state index in [0.717, 1.165) is 49.7 Å². The molecule has 2 bridgehead atoms. The minimum atomic E-state index is -1.36. The predicted octanol–water partition coefficient (Wildman–Crippen LogP) is 3.21. The average Bonchev–Trinajstić information content (AvgIpc) is 3.86. The summed E-state index contributed by atoms with van der Waals surface area (Å²) in [5.41, 5.74) is 0.385. The summed E-state index contributed by atoms with van der Waals surface area (Å²) in [6, 6.07) is 5.91. The zero-order valence-electron chi connectivity index (χ0n) is 30.0. The SMILES string of the molecule is CCCCCC1(CCCCC)OC2C3CC4(C(=O)N5CCCC5C(=O)NCCO)C(ON(Cc5ccc(C=COCCO)cc5)C4C(=O)O3)C2O1. The fourth-order valence-corrected chi connectivity index (χ4v) is 8.69. The van der Waals surface area contributed by atoms with Crippen LogP contribution in [0.4, 0.5) is 0 Å². The maximum atomic E-state index is 15.1. The summed E-state index contributed by atoms with van der Waals surface area (Å²) in [5, 5.41) is 22.6. The van der Waals surface area contributed by atoms with Crippen molar-refractivity contribution in [3.05, 3.63) is 41.7 Å². The van der Waals surface area contributed by atoms with Gasteiger partial charge >= 0.3 is 5.97 Å². The highest BCUT2D eigenvalue weighted by atomic mass is 16.8. The second kappa shape index (κ2) is 16.7. The molecular formula is C38H55N3O10. The van der Waals surface area contributed by atoms with Gasteiger partial charge in [-0.3, -0.25) is 19.2 Å². The van der Waals surface area contributed by atoms with Crippen LogP contribution in [0.2, 0.25) is 0 Å². The van der Waals surface area contributed by atoms with Gasteiger partial charge in [-0.05, 0) is 42.9 Å². The van der Waals surface area contributed by atoms with Crippen LogP contribution in [-0.2, 0) is 44.7 Å². The molecule has 0 radical (unpaired) electrons. The molecule has 282 valence electrons. The third kappa shape index (κ3) is 7.56. The molecule has 2 amide bonds. The molecule has 4 aliphatic heterocycles. The van der Waals surface area contributed by atoms with Crippen LogP contribution in [-0.4, -0.2) is 113 Å². The normalized spacial score (nSPS) is 30.8. The highest BCUT2D eigenvalue weighted by molar-refractivity contribution is 5.96. The van der Waals surface area contributed by atoms with Crippen LogP contribution in [0.3, 0.4) is 0 Å². The first-order chi connectivity index (χ1) is 24.8. The van der Waals surface area contributed by atoms with Gasteiger partial charge in [0.25, 0.3) is 0 Å². The van der Waals surface area contributed by atoms with Crippen molar-refractivity contribution in [1.82, 2.24) is 15.3 Å². The Bertz CT molecular complexity index is 1380. The number of ether oxygens (including phenoxy) is 4. The summed E-state index contributed by atoms with van der Waals surface area (Å²) in [7, 11) is 0. The molecule has 3 N–H and O–H groups in total. The molecular weight excluding hydrogens is 658 g/mol. The molecule has 1 saturated carbocycles. The van der Waals surface area contributed by atoms with Gasteiger partial charge in [-0.1, -0.05) is 63.8 Å². The maximum absolute atomic E-state index is 15.1. The number of hydrogen-bond donors (Lipinski definition) is 3. The number of aliphatic hydroxyl groups excluding tert-OH is 2. The van der Waals surface area contributed by atoms with E-state index in [2.05, 4.69) is 19.2 Å². The van der Waals surface area contributed by atoms with Crippen molar-refractivity contribution in [2.75, 3.05) is 32.9 Å². The number of hydroxylamine groups is 2. The molecule has 1 aromatic rings. The lowest BCUT2D eigenvalue weighted by atomic mass is 9.62. The van der Waals surface area contributed by atoms with Crippen LogP contribution < -0.4 is 5.32 Å². The van der Waals surface area contributed by atoms with Crippen LogP contribution in [0.15, 0.2) is 30.5 Å². The van der Waals surface area contributed by atoms with Gasteiger partial charge < -0.3 is 39.4 Å². The average molecular weight is 714 g/mol. The Morgan fingerprint density at radius 2 is 1.75 bits per heavy atom. The molecule has 4 saturated heterocycles. The van der Waals surface area contributed by atoms with Crippen molar-refractivity contribution in [3.63, 3.8) is 0 Å². The van der Waals surface area contributed by atoms with Crippen molar-refractivity contribution in [3.8, 4) is 0 Å². The van der Waals surface area contributed by atoms with E-state index in [4.69, 9.17) is 28.9 Å². The predicted molar refractivity (Wildman–Crippen MR) is 185 cm³/mol. The van der Waals surface area contributed by atoms with Crippen LogP contribution in [0.1, 0.15) is 95.6 Å². The van der Waals surface area contributed by atoms with E-state index in [-0.39, 0.29) is 51.1 Å². The van der Waals surface area contributed by atoms with Crippen molar-refractivity contribution in [2.24, 2.45) is 5.41 Å². The van der Waals surface area contributed by atoms with Gasteiger partial charge in [0.05, 0.1) is 26.0 Å². The number of aliphatic hydroxyl groups is 2. The molecule has 6 rings (SSSR count). The number of unbranched alkanes of at least 4 members (excludes halogenated alkanes) is 4. The third-order valence-corrected chi connectivity index (χ3v) is 11.1. The first kappa shape index (κ1) is 37.7. The zero-order valence-corrected chi connectivity index (χ0v) is 30.0. The Labute approximate surface area is 300 Å². The van der Waals surface area contributed by atoms with Gasteiger partial charge in [-0.25, -0.2) is 0 Å². The molecule has 51 heavy (non-hydrogen) atoms. The number of nitrogens with zero attached hydrogens (tertiary/aromatic N) is 2. The molecule has 7 atom stereocenters. The third-order valence-electron chi connectivity index (χ3n) is 11.1. The summed E-state index contributed by atoms with van der Waals surface area (Å²) in [6.07, 6.45) is 9.28. The lowest BCUT2D eigenvalue weighted by molar-refractivity contribution is -0.225. The maximum Gasteiger partial charge on any atom is 0.327 e. The minimum absolute atomic E-state index is 0.0682. The van der Waals surface area contributed by atoms with Crippen molar-refractivity contribution < 1.29 is 48.4 Å². The van der Waals surface area contributed by atoms with Gasteiger partial charge in [0.1, 0.15) is 42.5 Å². The summed E-state index contributed by atoms with van der Waals surface area (Å²) in [4.78, 5) is 51.0. The number of amides is 2. The summed E-state index contributed by atoms with van der Waals surface area (Å²) < 4.78 is 25.3. The van der Waals surface area contributed by atoms with Gasteiger partial charge in [0, 0.05) is 32.4 Å². The van der Waals surface area contributed by atoms with Gasteiger partial charge in [-0.2, -0.15) is 5.06 Å². The number of benzene rings is 1. The number of esters is 1. The Balaban J connectivity index is 1.33. The molecule has 0 spiro atoms.